The molecule has 8 heteroatoms. The molecular formula is C24H19FN6O. The first-order valence-electron chi connectivity index (χ1n) is 10.0. The zero-order valence-corrected chi connectivity index (χ0v) is 17.2. The fourth-order valence-electron chi connectivity index (χ4n) is 3.48. The molecule has 0 unspecified atom stereocenters. The van der Waals surface area contributed by atoms with Gasteiger partial charge in [0.25, 0.3) is 5.91 Å². The Kier molecular flexibility index (Phi) is 4.95. The normalized spacial score (nSPS) is 11.1. The number of hydrogen-bond donors (Lipinski definition) is 1. The van der Waals surface area contributed by atoms with Crippen molar-refractivity contribution in [2.24, 2.45) is 0 Å². The molecule has 0 radical (unpaired) electrons. The van der Waals surface area contributed by atoms with E-state index in [1.807, 2.05) is 37.3 Å². The van der Waals surface area contributed by atoms with Crippen LogP contribution in [0.1, 0.15) is 21.5 Å². The van der Waals surface area contributed by atoms with Crippen molar-refractivity contribution < 1.29 is 9.18 Å². The smallest absolute Gasteiger partial charge is 0.261 e. The third kappa shape index (κ3) is 3.85. The Labute approximate surface area is 183 Å². The second-order valence-electron chi connectivity index (χ2n) is 7.50. The highest BCUT2D eigenvalue weighted by Crippen LogP contribution is 2.22. The summed E-state index contributed by atoms with van der Waals surface area (Å²) < 4.78 is 16.4. The van der Waals surface area contributed by atoms with Gasteiger partial charge in [-0.3, -0.25) is 9.48 Å². The van der Waals surface area contributed by atoms with Gasteiger partial charge in [0, 0.05) is 18.0 Å². The molecule has 3 heterocycles. The Balaban J connectivity index is 1.36. The van der Waals surface area contributed by atoms with Crippen LogP contribution in [-0.4, -0.2) is 30.3 Å². The Morgan fingerprint density at radius 3 is 2.56 bits per heavy atom. The van der Waals surface area contributed by atoms with Crippen LogP contribution in [0.3, 0.4) is 0 Å². The SMILES string of the molecule is Cc1ccc(-c2ccnc3c(C(=O)Nc4cnn(Cc5ccc(F)cc5)c4)cnn23)cc1. The Morgan fingerprint density at radius 1 is 1.00 bits per heavy atom. The Hall–Kier alpha value is -4.33. The van der Waals surface area contributed by atoms with Crippen LogP contribution in [0.25, 0.3) is 16.9 Å². The number of amides is 1. The summed E-state index contributed by atoms with van der Waals surface area (Å²) in [5.41, 5.74) is 5.29. The molecule has 0 atom stereocenters. The second kappa shape index (κ2) is 8.07. The van der Waals surface area contributed by atoms with E-state index in [0.717, 1.165) is 16.8 Å². The number of carbonyl (C=O) groups is 1. The molecule has 0 aliphatic rings. The number of halogens is 1. The van der Waals surface area contributed by atoms with Crippen molar-refractivity contribution in [1.29, 1.82) is 0 Å². The summed E-state index contributed by atoms with van der Waals surface area (Å²) in [6, 6.07) is 16.2. The molecule has 0 saturated heterocycles. The summed E-state index contributed by atoms with van der Waals surface area (Å²) >= 11 is 0. The van der Waals surface area contributed by atoms with Gasteiger partial charge in [0.1, 0.15) is 11.4 Å². The van der Waals surface area contributed by atoms with Crippen LogP contribution in [0.15, 0.2) is 79.4 Å². The van der Waals surface area contributed by atoms with Crippen LogP contribution in [0.4, 0.5) is 10.1 Å². The summed E-state index contributed by atoms with van der Waals surface area (Å²) in [6.45, 7) is 2.50. The summed E-state index contributed by atoms with van der Waals surface area (Å²) in [4.78, 5) is 17.3. The van der Waals surface area contributed by atoms with E-state index in [1.165, 1.54) is 23.9 Å². The lowest BCUT2D eigenvalue weighted by molar-refractivity contribution is 0.102. The molecule has 0 fully saturated rings. The van der Waals surface area contributed by atoms with E-state index in [9.17, 15) is 9.18 Å². The highest BCUT2D eigenvalue weighted by Gasteiger charge is 2.17. The van der Waals surface area contributed by atoms with Crippen LogP contribution in [0.2, 0.25) is 0 Å². The first-order chi connectivity index (χ1) is 15.6. The molecule has 7 nitrogen and oxygen atoms in total. The quantitative estimate of drug-likeness (QED) is 0.454. The van der Waals surface area contributed by atoms with Gasteiger partial charge in [-0.05, 0) is 30.7 Å². The zero-order valence-electron chi connectivity index (χ0n) is 17.2. The molecule has 1 amide bonds. The summed E-state index contributed by atoms with van der Waals surface area (Å²) in [6.07, 6.45) is 6.47. The van der Waals surface area contributed by atoms with Gasteiger partial charge in [-0.25, -0.2) is 13.9 Å². The van der Waals surface area contributed by atoms with Crippen LogP contribution in [0.5, 0.6) is 0 Å². The van der Waals surface area contributed by atoms with Crippen molar-refractivity contribution in [1.82, 2.24) is 24.4 Å². The highest BCUT2D eigenvalue weighted by atomic mass is 19.1. The number of aryl methyl sites for hydroxylation is 1. The number of hydrogen-bond acceptors (Lipinski definition) is 4. The van der Waals surface area contributed by atoms with Crippen molar-refractivity contribution in [2.45, 2.75) is 13.5 Å². The van der Waals surface area contributed by atoms with E-state index in [1.54, 1.807) is 39.9 Å². The molecule has 0 aliphatic carbocycles. The maximum atomic E-state index is 13.1. The second-order valence-corrected chi connectivity index (χ2v) is 7.50. The number of aromatic nitrogens is 5. The van der Waals surface area contributed by atoms with E-state index < -0.39 is 0 Å². The molecule has 0 saturated carbocycles. The van der Waals surface area contributed by atoms with Gasteiger partial charge in [-0.1, -0.05) is 42.0 Å². The molecule has 5 aromatic rings. The van der Waals surface area contributed by atoms with Crippen LogP contribution < -0.4 is 5.32 Å². The average molecular weight is 426 g/mol. The summed E-state index contributed by atoms with van der Waals surface area (Å²) in [5.74, 6) is -0.607. The first kappa shape index (κ1) is 19.6. The van der Waals surface area contributed by atoms with E-state index in [2.05, 4.69) is 20.5 Å². The van der Waals surface area contributed by atoms with Gasteiger partial charge >= 0.3 is 0 Å². The molecule has 158 valence electrons. The fourth-order valence-corrected chi connectivity index (χ4v) is 3.48. The minimum Gasteiger partial charge on any atom is -0.319 e. The summed E-state index contributed by atoms with van der Waals surface area (Å²) in [5, 5.41) is 11.5. The molecule has 0 aliphatic heterocycles. The standard InChI is InChI=1S/C24H19FN6O/c1-16-2-6-18(7-3-16)22-10-11-26-23-21(13-28-31(22)23)24(32)29-20-12-27-30(15-20)14-17-4-8-19(25)9-5-17/h2-13,15H,14H2,1H3,(H,29,32). The van der Waals surface area contributed by atoms with Gasteiger partial charge in [-0.2, -0.15) is 10.2 Å². The molecule has 0 spiro atoms. The minimum atomic E-state index is -0.324. The van der Waals surface area contributed by atoms with Gasteiger partial charge in [-0.15, -0.1) is 0 Å². The minimum absolute atomic E-state index is 0.283. The predicted molar refractivity (Wildman–Crippen MR) is 119 cm³/mol. The first-order valence-corrected chi connectivity index (χ1v) is 10.0. The number of anilines is 1. The maximum absolute atomic E-state index is 13.1. The molecule has 0 bridgehead atoms. The molecule has 32 heavy (non-hydrogen) atoms. The van der Waals surface area contributed by atoms with Crippen molar-refractivity contribution in [3.8, 4) is 11.3 Å². The van der Waals surface area contributed by atoms with Crippen LogP contribution in [-0.2, 0) is 6.54 Å². The lowest BCUT2D eigenvalue weighted by atomic mass is 10.1. The molecule has 2 aromatic carbocycles. The van der Waals surface area contributed by atoms with Crippen molar-refractivity contribution >= 4 is 17.2 Å². The fraction of sp³-hybridized carbons (Fsp3) is 0.0833. The van der Waals surface area contributed by atoms with Gasteiger partial charge < -0.3 is 5.32 Å². The van der Waals surface area contributed by atoms with E-state index in [-0.39, 0.29) is 11.7 Å². The molecule has 5 rings (SSSR count). The Morgan fingerprint density at radius 2 is 1.78 bits per heavy atom. The lowest BCUT2D eigenvalue weighted by Gasteiger charge is -2.06. The maximum Gasteiger partial charge on any atom is 0.261 e. The topological polar surface area (TPSA) is 77.1 Å². The highest BCUT2D eigenvalue weighted by molar-refractivity contribution is 6.08. The van der Waals surface area contributed by atoms with Gasteiger partial charge in [0.15, 0.2) is 5.65 Å². The number of carbonyl (C=O) groups excluding carboxylic acids is 1. The van der Waals surface area contributed by atoms with E-state index in [0.29, 0.717) is 23.4 Å². The Bertz CT molecular complexity index is 1400. The van der Waals surface area contributed by atoms with Crippen LogP contribution >= 0.6 is 0 Å². The van der Waals surface area contributed by atoms with E-state index >= 15 is 0 Å². The monoisotopic (exact) mass is 426 g/mol. The third-order valence-corrected chi connectivity index (χ3v) is 5.14. The third-order valence-electron chi connectivity index (χ3n) is 5.14. The summed E-state index contributed by atoms with van der Waals surface area (Å²) in [7, 11) is 0. The number of nitrogens with one attached hydrogen (secondary N) is 1. The van der Waals surface area contributed by atoms with Gasteiger partial charge in [0.2, 0.25) is 0 Å². The van der Waals surface area contributed by atoms with Gasteiger partial charge in [0.05, 0.1) is 30.3 Å². The van der Waals surface area contributed by atoms with Crippen molar-refractivity contribution in [3.05, 3.63) is 102 Å². The molecule has 1 N–H and O–H groups in total. The number of rotatable bonds is 5. The lowest BCUT2D eigenvalue weighted by Crippen LogP contribution is -2.11. The molecule has 3 aromatic heterocycles. The van der Waals surface area contributed by atoms with E-state index in [4.69, 9.17) is 0 Å². The number of benzene rings is 2. The number of fused-ring (bicyclic) bond motifs is 1. The van der Waals surface area contributed by atoms with Crippen molar-refractivity contribution in [3.63, 3.8) is 0 Å². The zero-order chi connectivity index (χ0) is 22.1. The largest absolute Gasteiger partial charge is 0.319 e. The van der Waals surface area contributed by atoms with Crippen molar-refractivity contribution in [2.75, 3.05) is 5.32 Å². The van der Waals surface area contributed by atoms with Crippen LogP contribution in [0, 0.1) is 12.7 Å². The number of nitrogens with zero attached hydrogens (tertiary/aromatic N) is 5. The molecular weight excluding hydrogens is 407 g/mol. The average Bonchev–Trinajstić information content (AvgIpc) is 3.42. The predicted octanol–water partition coefficient (Wildman–Crippen LogP) is 4.34.